The van der Waals surface area contributed by atoms with Crippen molar-refractivity contribution >= 4 is 10.0 Å². The van der Waals surface area contributed by atoms with Gasteiger partial charge in [0.05, 0.1) is 10.9 Å². The second kappa shape index (κ2) is 6.53. The molecule has 1 aliphatic carbocycles. The van der Waals surface area contributed by atoms with Crippen molar-refractivity contribution in [1.29, 1.82) is 0 Å². The fourth-order valence-corrected chi connectivity index (χ4v) is 5.31. The number of piperidine rings is 1. The highest BCUT2D eigenvalue weighted by Gasteiger charge is 2.41. The van der Waals surface area contributed by atoms with E-state index in [-0.39, 0.29) is 5.25 Å². The summed E-state index contributed by atoms with van der Waals surface area (Å²) in [6.45, 7) is 9.30. The molecule has 1 aromatic rings. The highest BCUT2D eigenvalue weighted by molar-refractivity contribution is 7.90. The van der Waals surface area contributed by atoms with Gasteiger partial charge in [0.15, 0.2) is 0 Å². The Bertz CT molecular complexity index is 656. The molecule has 1 saturated carbocycles. The van der Waals surface area contributed by atoms with E-state index in [1.807, 2.05) is 4.68 Å². The maximum Gasteiger partial charge on any atom is 0.216 e. The molecule has 6 nitrogen and oxygen atoms in total. The average Bonchev–Trinajstić information content (AvgIpc) is 3.34. The summed E-state index contributed by atoms with van der Waals surface area (Å²) >= 11 is 0. The van der Waals surface area contributed by atoms with Crippen LogP contribution in [-0.4, -0.2) is 46.9 Å². The first-order chi connectivity index (χ1) is 10.9. The van der Waals surface area contributed by atoms with Crippen LogP contribution in [0.1, 0.15) is 49.6 Å². The zero-order valence-corrected chi connectivity index (χ0v) is 15.2. The number of hydrogen-bond donors (Lipinski definition) is 1. The average molecular weight is 340 g/mol. The van der Waals surface area contributed by atoms with Crippen molar-refractivity contribution in [2.45, 2.75) is 70.8 Å². The van der Waals surface area contributed by atoms with Gasteiger partial charge >= 0.3 is 0 Å². The van der Waals surface area contributed by atoms with Gasteiger partial charge in [-0.3, -0.25) is 4.68 Å². The van der Waals surface area contributed by atoms with Crippen molar-refractivity contribution < 1.29 is 8.42 Å². The zero-order chi connectivity index (χ0) is 16.6. The lowest BCUT2D eigenvalue weighted by Crippen LogP contribution is -2.45. The van der Waals surface area contributed by atoms with E-state index >= 15 is 0 Å². The summed E-state index contributed by atoms with van der Waals surface area (Å²) in [6.07, 6.45) is 3.49. The van der Waals surface area contributed by atoms with Crippen LogP contribution in [0.2, 0.25) is 0 Å². The van der Waals surface area contributed by atoms with E-state index in [1.165, 1.54) is 11.3 Å². The van der Waals surface area contributed by atoms with Gasteiger partial charge in [-0.05, 0) is 46.5 Å². The predicted octanol–water partition coefficient (Wildman–Crippen LogP) is 1.57. The van der Waals surface area contributed by atoms with Crippen LogP contribution in [0.4, 0.5) is 0 Å². The predicted molar refractivity (Wildman–Crippen MR) is 90.8 cm³/mol. The SMILES string of the molecule is CCn1nc(C)c(CNC2CCN(S(=O)(=O)C3CC3)CC2)c1C. The van der Waals surface area contributed by atoms with Gasteiger partial charge in [-0.1, -0.05) is 0 Å². The molecule has 23 heavy (non-hydrogen) atoms. The Morgan fingerprint density at radius 1 is 1.17 bits per heavy atom. The van der Waals surface area contributed by atoms with Crippen molar-refractivity contribution in [3.63, 3.8) is 0 Å². The molecule has 0 spiro atoms. The third-order valence-corrected chi connectivity index (χ3v) is 7.56. The molecule has 2 heterocycles. The molecule has 3 rings (SSSR count). The van der Waals surface area contributed by atoms with Gasteiger partial charge in [0.1, 0.15) is 0 Å². The lowest BCUT2D eigenvalue weighted by molar-refractivity contribution is 0.288. The fourth-order valence-electron chi connectivity index (χ4n) is 3.44. The molecule has 2 fully saturated rings. The highest BCUT2D eigenvalue weighted by Crippen LogP contribution is 2.32. The first-order valence-corrected chi connectivity index (χ1v) is 10.2. The standard InChI is InChI=1S/C16H28N4O2S/c1-4-20-13(3)16(12(2)18-20)11-17-14-7-9-19(10-8-14)23(21,22)15-5-6-15/h14-15,17H,4-11H2,1-3H3. The summed E-state index contributed by atoms with van der Waals surface area (Å²) in [5, 5.41) is 8.07. The second-order valence-corrected chi connectivity index (χ2v) is 8.98. The van der Waals surface area contributed by atoms with Gasteiger partial charge < -0.3 is 5.32 Å². The van der Waals surface area contributed by atoms with Crippen LogP contribution >= 0.6 is 0 Å². The van der Waals surface area contributed by atoms with Gasteiger partial charge in [-0.15, -0.1) is 0 Å². The number of aryl methyl sites for hydroxylation is 2. The minimum absolute atomic E-state index is 0.0859. The maximum absolute atomic E-state index is 12.3. The molecule has 1 aliphatic heterocycles. The first kappa shape index (κ1) is 16.9. The van der Waals surface area contributed by atoms with Crippen LogP contribution in [0.15, 0.2) is 0 Å². The summed E-state index contributed by atoms with van der Waals surface area (Å²) in [5.74, 6) is 0. The minimum atomic E-state index is -3.00. The molecule has 0 aromatic carbocycles. The van der Waals surface area contributed by atoms with Gasteiger partial charge in [0, 0.05) is 43.5 Å². The Balaban J connectivity index is 1.52. The second-order valence-electron chi connectivity index (χ2n) is 6.76. The van der Waals surface area contributed by atoms with Gasteiger partial charge in [0.25, 0.3) is 0 Å². The van der Waals surface area contributed by atoms with Crippen molar-refractivity contribution in [2.24, 2.45) is 0 Å². The Morgan fingerprint density at radius 2 is 1.83 bits per heavy atom. The van der Waals surface area contributed by atoms with E-state index in [4.69, 9.17) is 0 Å². The Labute approximate surface area is 139 Å². The number of hydrogen-bond acceptors (Lipinski definition) is 4. The lowest BCUT2D eigenvalue weighted by atomic mass is 10.1. The van der Waals surface area contributed by atoms with E-state index in [2.05, 4.69) is 31.2 Å². The molecule has 0 atom stereocenters. The van der Waals surface area contributed by atoms with Gasteiger partial charge in [0.2, 0.25) is 10.0 Å². The van der Waals surface area contributed by atoms with Gasteiger partial charge in [-0.2, -0.15) is 5.10 Å². The molecule has 1 aromatic heterocycles. The highest BCUT2D eigenvalue weighted by atomic mass is 32.2. The summed E-state index contributed by atoms with van der Waals surface area (Å²) in [6, 6.07) is 0.393. The van der Waals surface area contributed by atoms with Crippen LogP contribution in [0.25, 0.3) is 0 Å². The van der Waals surface area contributed by atoms with Crippen molar-refractivity contribution in [3.8, 4) is 0 Å². The normalized spacial score (nSPS) is 21.0. The number of sulfonamides is 1. The van der Waals surface area contributed by atoms with Crippen LogP contribution in [0, 0.1) is 13.8 Å². The molecule has 2 aliphatic rings. The van der Waals surface area contributed by atoms with E-state index in [9.17, 15) is 8.42 Å². The largest absolute Gasteiger partial charge is 0.310 e. The molecule has 0 unspecified atom stereocenters. The minimum Gasteiger partial charge on any atom is -0.310 e. The van der Waals surface area contributed by atoms with E-state index in [0.717, 1.165) is 44.5 Å². The molecule has 130 valence electrons. The van der Waals surface area contributed by atoms with Crippen molar-refractivity contribution in [2.75, 3.05) is 13.1 Å². The van der Waals surface area contributed by atoms with Crippen LogP contribution in [0.5, 0.6) is 0 Å². The molecular weight excluding hydrogens is 312 g/mol. The topological polar surface area (TPSA) is 67.2 Å². The van der Waals surface area contributed by atoms with Crippen LogP contribution in [-0.2, 0) is 23.1 Å². The summed E-state index contributed by atoms with van der Waals surface area (Å²) in [7, 11) is -3.00. The number of nitrogens with zero attached hydrogens (tertiary/aromatic N) is 3. The molecule has 7 heteroatoms. The number of rotatable bonds is 6. The molecule has 0 amide bonds. The lowest BCUT2D eigenvalue weighted by Gasteiger charge is -2.31. The van der Waals surface area contributed by atoms with Crippen LogP contribution < -0.4 is 5.32 Å². The smallest absolute Gasteiger partial charge is 0.216 e. The molecule has 0 bridgehead atoms. The summed E-state index contributed by atoms with van der Waals surface area (Å²) < 4.78 is 28.2. The maximum atomic E-state index is 12.3. The van der Waals surface area contributed by atoms with E-state index < -0.39 is 10.0 Å². The quantitative estimate of drug-likeness (QED) is 0.853. The molecule has 1 N–H and O–H groups in total. The monoisotopic (exact) mass is 340 g/mol. The molecule has 0 radical (unpaired) electrons. The summed E-state index contributed by atoms with van der Waals surface area (Å²) in [4.78, 5) is 0. The van der Waals surface area contributed by atoms with Crippen LogP contribution in [0.3, 0.4) is 0 Å². The Morgan fingerprint density at radius 3 is 2.35 bits per heavy atom. The van der Waals surface area contributed by atoms with Gasteiger partial charge in [-0.25, -0.2) is 12.7 Å². The zero-order valence-electron chi connectivity index (χ0n) is 14.4. The van der Waals surface area contributed by atoms with E-state index in [0.29, 0.717) is 19.1 Å². The third kappa shape index (κ3) is 3.46. The van der Waals surface area contributed by atoms with E-state index in [1.54, 1.807) is 4.31 Å². The Hall–Kier alpha value is -0.920. The number of nitrogens with one attached hydrogen (secondary N) is 1. The number of aromatic nitrogens is 2. The molecule has 1 saturated heterocycles. The van der Waals surface area contributed by atoms with Crippen molar-refractivity contribution in [1.82, 2.24) is 19.4 Å². The first-order valence-electron chi connectivity index (χ1n) is 8.68. The van der Waals surface area contributed by atoms with Crippen molar-refractivity contribution in [3.05, 3.63) is 17.0 Å². The Kier molecular flexibility index (Phi) is 4.80. The molecular formula is C16H28N4O2S. The third-order valence-electron chi connectivity index (χ3n) is 5.16. The fraction of sp³-hybridized carbons (Fsp3) is 0.812. The summed E-state index contributed by atoms with van der Waals surface area (Å²) in [5.41, 5.74) is 3.59.